The summed E-state index contributed by atoms with van der Waals surface area (Å²) in [6.45, 7) is 14.0. The highest BCUT2D eigenvalue weighted by Crippen LogP contribution is 2.40. The lowest BCUT2D eigenvalue weighted by atomic mass is 9.91. The lowest BCUT2D eigenvalue weighted by molar-refractivity contribution is 0.0227. The molecule has 0 bridgehead atoms. The summed E-state index contributed by atoms with van der Waals surface area (Å²) >= 11 is 0. The van der Waals surface area contributed by atoms with Crippen molar-refractivity contribution >= 4 is 25.8 Å². The highest BCUT2D eigenvalue weighted by molar-refractivity contribution is 6.74. The van der Waals surface area contributed by atoms with Crippen molar-refractivity contribution in [2.45, 2.75) is 76.5 Å². The first-order valence-corrected chi connectivity index (χ1v) is 19.0. The van der Waals surface area contributed by atoms with E-state index in [9.17, 15) is 19.4 Å². The molecule has 4 N–H and O–H groups in total. The smallest absolute Gasteiger partial charge is 0.405 e. The second-order valence-corrected chi connectivity index (χ2v) is 19.1. The normalized spacial score (nSPS) is 23.3. The number of ether oxygens (including phenoxy) is 1. The Morgan fingerprint density at radius 1 is 1.15 bits per heavy atom. The van der Waals surface area contributed by atoms with Crippen molar-refractivity contribution in [2.24, 2.45) is 5.92 Å². The van der Waals surface area contributed by atoms with Crippen LogP contribution in [0.25, 0.3) is 11.3 Å². The number of anilines is 2. The molecule has 2 fully saturated rings. The number of aliphatic hydroxyl groups is 1. The van der Waals surface area contributed by atoms with Crippen LogP contribution >= 0.6 is 0 Å². The summed E-state index contributed by atoms with van der Waals surface area (Å²) in [6, 6.07) is 5.83. The van der Waals surface area contributed by atoms with Crippen LogP contribution in [0.1, 0.15) is 45.4 Å². The fourth-order valence-electron chi connectivity index (χ4n) is 6.05. The lowest BCUT2D eigenvalue weighted by Crippen LogP contribution is -2.62. The molecule has 48 heavy (non-hydrogen) atoms. The molecule has 0 saturated carbocycles. The van der Waals surface area contributed by atoms with Gasteiger partial charge in [0.2, 0.25) is 0 Å². The second kappa shape index (κ2) is 13.7. The Labute approximate surface area is 279 Å². The number of halogens is 3. The fraction of sp³-hybridized carbons (Fsp3) is 0.500. The van der Waals surface area contributed by atoms with E-state index in [0.29, 0.717) is 24.5 Å². The maximum absolute atomic E-state index is 15.3. The van der Waals surface area contributed by atoms with Crippen molar-refractivity contribution in [3.05, 3.63) is 71.4 Å². The molecule has 5 rings (SSSR count). The highest BCUT2D eigenvalue weighted by atomic mass is 28.4. The molecule has 0 aliphatic carbocycles. The number of carbonyl (C=O) groups is 1. The number of nitrogens with one attached hydrogen (secondary N) is 2. The number of carboxylic acid groups (broad SMARTS) is 1. The molecule has 0 radical (unpaired) electrons. The van der Waals surface area contributed by atoms with Crippen LogP contribution in [0.2, 0.25) is 18.1 Å². The summed E-state index contributed by atoms with van der Waals surface area (Å²) in [7, 11) is -2.21. The van der Waals surface area contributed by atoms with Crippen molar-refractivity contribution in [1.82, 2.24) is 15.3 Å². The number of benzene rings is 1. The first kappa shape index (κ1) is 35.6. The summed E-state index contributed by atoms with van der Waals surface area (Å²) < 4.78 is 57.5. The van der Waals surface area contributed by atoms with Crippen LogP contribution in [0.15, 0.2) is 42.7 Å². The molecule has 2 aliphatic heterocycles. The van der Waals surface area contributed by atoms with Gasteiger partial charge in [0.25, 0.3) is 0 Å². The maximum atomic E-state index is 15.3. The van der Waals surface area contributed by atoms with Gasteiger partial charge in [-0.3, -0.25) is 4.98 Å². The Morgan fingerprint density at radius 3 is 2.48 bits per heavy atom. The Balaban J connectivity index is 1.36. The van der Waals surface area contributed by atoms with Gasteiger partial charge in [-0.25, -0.2) is 22.9 Å². The molecular weight excluding hydrogens is 643 g/mol. The minimum absolute atomic E-state index is 0.0202. The quantitative estimate of drug-likeness (QED) is 0.193. The molecule has 0 spiro atoms. The molecular formula is C34H44F3N5O5Si. The predicted octanol–water partition coefficient (Wildman–Crippen LogP) is 6.26. The topological polar surface area (TPSA) is 129 Å². The van der Waals surface area contributed by atoms with Gasteiger partial charge in [-0.05, 0) is 54.0 Å². The Kier molecular flexibility index (Phi) is 10.1. The van der Waals surface area contributed by atoms with Crippen molar-refractivity contribution in [3.8, 4) is 11.3 Å². The molecule has 1 aromatic carbocycles. The molecule has 14 heteroatoms. The molecule has 4 atom stereocenters. The fourth-order valence-corrected chi connectivity index (χ4v) is 7.48. The maximum Gasteiger partial charge on any atom is 0.405 e. The van der Waals surface area contributed by atoms with E-state index in [1.807, 2.05) is 13.0 Å². The largest absolute Gasteiger partial charge is 0.465 e. The van der Waals surface area contributed by atoms with Crippen LogP contribution in [0.5, 0.6) is 0 Å². The summed E-state index contributed by atoms with van der Waals surface area (Å²) in [5.41, 5.74) is -0.923. The lowest BCUT2D eigenvalue weighted by Gasteiger charge is -2.48. The Hall–Kier alpha value is -3.72. The van der Waals surface area contributed by atoms with Crippen LogP contribution < -0.4 is 15.5 Å². The molecule has 3 aromatic rings. The van der Waals surface area contributed by atoms with Gasteiger partial charge in [0.15, 0.2) is 8.32 Å². The molecule has 10 nitrogen and oxygen atoms in total. The minimum atomic E-state index is -2.21. The molecule has 1 amide bonds. The van der Waals surface area contributed by atoms with E-state index >= 15 is 8.78 Å². The van der Waals surface area contributed by atoms with E-state index in [1.165, 1.54) is 6.07 Å². The molecule has 4 heterocycles. The third kappa shape index (κ3) is 7.46. The average Bonchev–Trinajstić information content (AvgIpc) is 3.45. The van der Waals surface area contributed by atoms with Crippen LogP contribution in [-0.4, -0.2) is 73.0 Å². The molecule has 1 unspecified atom stereocenters. The average molecular weight is 688 g/mol. The number of rotatable bonds is 9. The van der Waals surface area contributed by atoms with E-state index < -0.39 is 54.8 Å². The Morgan fingerprint density at radius 2 is 1.85 bits per heavy atom. The first-order valence-electron chi connectivity index (χ1n) is 16.0. The molecule has 2 saturated heterocycles. The number of nitrogens with zero attached hydrogens (tertiary/aromatic N) is 3. The van der Waals surface area contributed by atoms with Crippen LogP contribution in [0, 0.1) is 23.4 Å². The van der Waals surface area contributed by atoms with E-state index in [1.54, 1.807) is 12.4 Å². The number of pyridine rings is 2. The standard InChI is InChI=1S/C34H44F3N5O5Si/c1-20-17-42(18-27(41-32(43)44)31(20)47-48(5,6)33(2,3)4)28-9-11-38-16-26(28)39-15-22-7-8-23(35)30(40-22)29-24(36)13-21(14-25(29)37)34(45)10-12-46-19-34/h7-9,11,13-14,16,20,27,31,39,41,45H,10,12,15,17-19H2,1-6H3,(H,43,44)/t20-,27+,31+,34?/m0/s1. The molecule has 2 aromatic heterocycles. The zero-order chi connectivity index (χ0) is 35.0. The van der Waals surface area contributed by atoms with Gasteiger partial charge < -0.3 is 34.9 Å². The van der Waals surface area contributed by atoms with Crippen molar-refractivity contribution in [1.29, 1.82) is 0 Å². The van der Waals surface area contributed by atoms with E-state index in [0.717, 1.165) is 23.9 Å². The van der Waals surface area contributed by atoms with Gasteiger partial charge in [0.1, 0.15) is 28.7 Å². The zero-order valence-electron chi connectivity index (χ0n) is 28.1. The van der Waals surface area contributed by atoms with Gasteiger partial charge in [0.05, 0.1) is 54.1 Å². The second-order valence-electron chi connectivity index (χ2n) is 14.3. The van der Waals surface area contributed by atoms with E-state index in [2.05, 4.69) is 59.4 Å². The van der Waals surface area contributed by atoms with Crippen molar-refractivity contribution in [3.63, 3.8) is 0 Å². The monoisotopic (exact) mass is 687 g/mol. The van der Waals surface area contributed by atoms with Gasteiger partial charge in [-0.2, -0.15) is 0 Å². The minimum Gasteiger partial charge on any atom is -0.465 e. The van der Waals surface area contributed by atoms with Gasteiger partial charge >= 0.3 is 6.09 Å². The predicted molar refractivity (Wildman–Crippen MR) is 179 cm³/mol. The van der Waals surface area contributed by atoms with Crippen molar-refractivity contribution < 1.29 is 37.3 Å². The SMILES string of the molecule is C[C@H]1CN(c2ccncc2NCc2ccc(F)c(-c3c(F)cc(C4(O)CCOC4)cc3F)n2)C[C@@H](NC(=O)O)[C@@H]1O[Si](C)(C)C(C)(C)C. The van der Waals surface area contributed by atoms with E-state index in [-0.39, 0.29) is 48.8 Å². The molecule has 2 aliphatic rings. The van der Waals surface area contributed by atoms with Crippen LogP contribution in [0.3, 0.4) is 0 Å². The number of hydrogen-bond acceptors (Lipinski definition) is 8. The van der Waals surface area contributed by atoms with Crippen molar-refractivity contribution in [2.75, 3.05) is 36.5 Å². The summed E-state index contributed by atoms with van der Waals surface area (Å²) in [6.07, 6.45) is 2.00. The third-order valence-electron chi connectivity index (χ3n) is 9.75. The first-order chi connectivity index (χ1) is 22.5. The zero-order valence-corrected chi connectivity index (χ0v) is 29.1. The summed E-state index contributed by atoms with van der Waals surface area (Å²) in [5.74, 6) is -3.01. The number of piperidine rings is 1. The van der Waals surface area contributed by atoms with Gasteiger partial charge in [0, 0.05) is 38.2 Å². The van der Waals surface area contributed by atoms with E-state index in [4.69, 9.17) is 9.16 Å². The van der Waals surface area contributed by atoms with Crippen LogP contribution in [-0.2, 0) is 21.3 Å². The molecule has 260 valence electrons. The van der Waals surface area contributed by atoms with Gasteiger partial charge in [-0.1, -0.05) is 27.7 Å². The van der Waals surface area contributed by atoms with Gasteiger partial charge in [-0.15, -0.1) is 0 Å². The third-order valence-corrected chi connectivity index (χ3v) is 14.2. The Bertz CT molecular complexity index is 1630. The summed E-state index contributed by atoms with van der Waals surface area (Å²) in [5, 5.41) is 26.3. The highest BCUT2D eigenvalue weighted by Gasteiger charge is 2.45. The van der Waals surface area contributed by atoms with Crippen LogP contribution in [0.4, 0.5) is 29.3 Å². The number of aromatic nitrogens is 2. The number of hydrogen-bond donors (Lipinski definition) is 4. The number of amides is 1. The summed E-state index contributed by atoms with van der Waals surface area (Å²) in [4.78, 5) is 22.4.